The molecule has 0 radical (unpaired) electrons. The van der Waals surface area contributed by atoms with Gasteiger partial charge < -0.3 is 10.5 Å². The van der Waals surface area contributed by atoms with Crippen LogP contribution < -0.4 is 15.8 Å². The van der Waals surface area contributed by atoms with Gasteiger partial charge in [-0.1, -0.05) is 29.0 Å². The third-order valence-electron chi connectivity index (χ3n) is 2.47. The Kier molecular flexibility index (Phi) is 4.65. The maximum Gasteiger partial charge on any atom is 0.264 e. The van der Waals surface area contributed by atoms with Crippen molar-refractivity contribution in [2.24, 2.45) is 5.73 Å². The van der Waals surface area contributed by atoms with Crippen molar-refractivity contribution in [1.82, 2.24) is 10.2 Å². The van der Waals surface area contributed by atoms with Gasteiger partial charge >= 0.3 is 0 Å². The lowest BCUT2D eigenvalue weighted by Crippen LogP contribution is -2.20. The van der Waals surface area contributed by atoms with Crippen LogP contribution in [0.4, 0.5) is 5.13 Å². The summed E-state index contributed by atoms with van der Waals surface area (Å²) in [5.41, 5.74) is 6.81. The van der Waals surface area contributed by atoms with Gasteiger partial charge in [-0.05, 0) is 26.0 Å². The number of nitrogens with two attached hydrogens (primary N) is 1. The number of aryl methyl sites for hydroxylation is 1. The quantitative estimate of drug-likeness (QED) is 0.878. The van der Waals surface area contributed by atoms with Gasteiger partial charge in [0.1, 0.15) is 10.8 Å². The molecule has 2 rings (SSSR count). The minimum atomic E-state index is -0.280. The van der Waals surface area contributed by atoms with Crippen molar-refractivity contribution >= 4 is 22.4 Å². The molecule has 3 N–H and O–H groups in total. The SMILES string of the molecule is Cc1ccc(OCC(=O)Nc2nnc(C(C)N)s2)cc1. The standard InChI is InChI=1S/C13H16N4O2S/c1-8-3-5-10(6-4-8)19-7-11(18)15-13-17-16-12(20-13)9(2)14/h3-6,9H,7,14H2,1-2H3,(H,15,17,18). The molecule has 1 aromatic carbocycles. The van der Waals surface area contributed by atoms with Crippen molar-refractivity contribution in [2.45, 2.75) is 19.9 Å². The topological polar surface area (TPSA) is 90.1 Å². The van der Waals surface area contributed by atoms with Crippen LogP contribution in [0.5, 0.6) is 5.75 Å². The minimum absolute atomic E-state index is 0.0733. The summed E-state index contributed by atoms with van der Waals surface area (Å²) in [6.45, 7) is 3.73. The fourth-order valence-corrected chi connectivity index (χ4v) is 2.12. The number of anilines is 1. The molecule has 1 unspecified atom stereocenters. The molecule has 1 amide bonds. The number of hydrogen-bond acceptors (Lipinski definition) is 6. The molecular weight excluding hydrogens is 276 g/mol. The zero-order chi connectivity index (χ0) is 14.5. The van der Waals surface area contributed by atoms with Crippen LogP contribution in [0, 0.1) is 6.92 Å². The molecule has 0 fully saturated rings. The highest BCUT2D eigenvalue weighted by molar-refractivity contribution is 7.15. The van der Waals surface area contributed by atoms with Crippen molar-refractivity contribution in [2.75, 3.05) is 11.9 Å². The first-order valence-corrected chi connectivity index (χ1v) is 6.94. The lowest BCUT2D eigenvalue weighted by molar-refractivity contribution is -0.118. The van der Waals surface area contributed by atoms with Crippen molar-refractivity contribution in [3.8, 4) is 5.75 Å². The van der Waals surface area contributed by atoms with Crippen LogP contribution in [-0.2, 0) is 4.79 Å². The van der Waals surface area contributed by atoms with E-state index in [1.165, 1.54) is 11.3 Å². The number of hydrogen-bond donors (Lipinski definition) is 2. The lowest BCUT2D eigenvalue weighted by atomic mass is 10.2. The number of amides is 1. The number of rotatable bonds is 5. The van der Waals surface area contributed by atoms with Crippen LogP contribution in [0.25, 0.3) is 0 Å². The molecule has 1 heterocycles. The molecule has 6 nitrogen and oxygen atoms in total. The summed E-state index contributed by atoms with van der Waals surface area (Å²) in [7, 11) is 0. The Bertz CT molecular complexity index is 580. The maximum absolute atomic E-state index is 11.7. The molecule has 7 heteroatoms. The predicted molar refractivity (Wildman–Crippen MR) is 77.8 cm³/mol. The van der Waals surface area contributed by atoms with E-state index in [-0.39, 0.29) is 18.6 Å². The number of nitrogens with one attached hydrogen (secondary N) is 1. The molecular formula is C13H16N4O2S. The number of carbonyl (C=O) groups is 1. The van der Waals surface area contributed by atoms with Crippen LogP contribution in [0.15, 0.2) is 24.3 Å². The number of carbonyl (C=O) groups excluding carboxylic acids is 1. The molecule has 0 aliphatic rings. The smallest absolute Gasteiger partial charge is 0.264 e. The Hall–Kier alpha value is -1.99. The molecule has 0 aliphatic carbocycles. The zero-order valence-electron chi connectivity index (χ0n) is 11.3. The Morgan fingerprint density at radius 2 is 2.10 bits per heavy atom. The van der Waals surface area contributed by atoms with Crippen molar-refractivity contribution < 1.29 is 9.53 Å². The summed E-state index contributed by atoms with van der Waals surface area (Å²) in [5, 5.41) is 11.5. The lowest BCUT2D eigenvalue weighted by Gasteiger charge is -2.05. The van der Waals surface area contributed by atoms with Gasteiger partial charge in [0.25, 0.3) is 5.91 Å². The fraction of sp³-hybridized carbons (Fsp3) is 0.308. The molecule has 20 heavy (non-hydrogen) atoms. The van der Waals surface area contributed by atoms with Gasteiger partial charge in [0.2, 0.25) is 5.13 Å². The molecule has 2 aromatic rings. The Morgan fingerprint density at radius 3 is 2.70 bits per heavy atom. The fourth-order valence-electron chi connectivity index (χ4n) is 1.41. The molecule has 1 atom stereocenters. The van der Waals surface area contributed by atoms with Crippen LogP contribution >= 0.6 is 11.3 Å². The first kappa shape index (κ1) is 14.4. The first-order valence-electron chi connectivity index (χ1n) is 6.13. The van der Waals surface area contributed by atoms with E-state index in [2.05, 4.69) is 15.5 Å². The van der Waals surface area contributed by atoms with Crippen LogP contribution in [0.2, 0.25) is 0 Å². The van der Waals surface area contributed by atoms with Gasteiger partial charge in [-0.25, -0.2) is 0 Å². The predicted octanol–water partition coefficient (Wildman–Crippen LogP) is 1.88. The Balaban J connectivity index is 1.84. The highest BCUT2D eigenvalue weighted by Gasteiger charge is 2.11. The van der Waals surface area contributed by atoms with Crippen molar-refractivity contribution in [3.05, 3.63) is 34.8 Å². The summed E-state index contributed by atoms with van der Waals surface area (Å²) in [6, 6.07) is 7.30. The largest absolute Gasteiger partial charge is 0.484 e. The Labute approximate surface area is 121 Å². The summed E-state index contributed by atoms with van der Waals surface area (Å²) >= 11 is 1.26. The summed E-state index contributed by atoms with van der Waals surface area (Å²) in [4.78, 5) is 11.7. The van der Waals surface area contributed by atoms with E-state index in [1.807, 2.05) is 38.1 Å². The van der Waals surface area contributed by atoms with Crippen molar-refractivity contribution in [3.63, 3.8) is 0 Å². The van der Waals surface area contributed by atoms with Gasteiger partial charge in [-0.3, -0.25) is 10.1 Å². The summed E-state index contributed by atoms with van der Waals surface area (Å²) < 4.78 is 5.37. The second-order valence-electron chi connectivity index (χ2n) is 4.38. The second kappa shape index (κ2) is 6.44. The van der Waals surface area contributed by atoms with Crippen LogP contribution in [0.3, 0.4) is 0 Å². The van der Waals surface area contributed by atoms with Gasteiger partial charge in [0.15, 0.2) is 6.61 Å². The molecule has 0 saturated carbocycles. The van der Waals surface area contributed by atoms with E-state index in [9.17, 15) is 4.79 Å². The van der Waals surface area contributed by atoms with Gasteiger partial charge in [0.05, 0.1) is 6.04 Å². The average molecular weight is 292 g/mol. The third kappa shape index (κ3) is 4.01. The number of nitrogens with zero attached hydrogens (tertiary/aromatic N) is 2. The highest BCUT2D eigenvalue weighted by atomic mass is 32.1. The van der Waals surface area contributed by atoms with E-state index in [0.717, 1.165) is 5.56 Å². The molecule has 0 bridgehead atoms. The van der Waals surface area contributed by atoms with E-state index in [4.69, 9.17) is 10.5 Å². The third-order valence-corrected chi connectivity index (χ3v) is 3.51. The van der Waals surface area contributed by atoms with Gasteiger partial charge in [-0.15, -0.1) is 10.2 Å². The van der Waals surface area contributed by atoms with Gasteiger partial charge in [0, 0.05) is 0 Å². The molecule has 1 aromatic heterocycles. The van der Waals surface area contributed by atoms with E-state index >= 15 is 0 Å². The second-order valence-corrected chi connectivity index (χ2v) is 5.39. The van der Waals surface area contributed by atoms with Crippen molar-refractivity contribution in [1.29, 1.82) is 0 Å². The number of benzene rings is 1. The molecule has 0 spiro atoms. The summed E-state index contributed by atoms with van der Waals surface area (Å²) in [6.07, 6.45) is 0. The molecule has 106 valence electrons. The monoisotopic (exact) mass is 292 g/mol. The van der Waals surface area contributed by atoms with Crippen LogP contribution in [0.1, 0.15) is 23.5 Å². The van der Waals surface area contributed by atoms with E-state index in [0.29, 0.717) is 15.9 Å². The minimum Gasteiger partial charge on any atom is -0.484 e. The average Bonchev–Trinajstić information content (AvgIpc) is 2.87. The summed E-state index contributed by atoms with van der Waals surface area (Å²) in [5.74, 6) is 0.372. The van der Waals surface area contributed by atoms with E-state index in [1.54, 1.807) is 0 Å². The van der Waals surface area contributed by atoms with E-state index < -0.39 is 0 Å². The number of aromatic nitrogens is 2. The maximum atomic E-state index is 11.7. The molecule has 0 saturated heterocycles. The first-order chi connectivity index (χ1) is 9.54. The highest BCUT2D eigenvalue weighted by Crippen LogP contribution is 2.19. The zero-order valence-corrected chi connectivity index (χ0v) is 12.1. The van der Waals surface area contributed by atoms with Gasteiger partial charge in [-0.2, -0.15) is 0 Å². The number of ether oxygens (including phenoxy) is 1. The molecule has 0 aliphatic heterocycles. The normalized spacial score (nSPS) is 11.9. The Morgan fingerprint density at radius 1 is 1.40 bits per heavy atom. The van der Waals surface area contributed by atoms with Crippen LogP contribution in [-0.4, -0.2) is 22.7 Å².